The zero-order valence-electron chi connectivity index (χ0n) is 13.2. The summed E-state index contributed by atoms with van der Waals surface area (Å²) < 4.78 is 24.2. The highest BCUT2D eigenvalue weighted by atomic mass is 19.1. The first-order chi connectivity index (χ1) is 11.6. The van der Waals surface area contributed by atoms with E-state index in [0.717, 1.165) is 5.76 Å². The van der Waals surface area contributed by atoms with Gasteiger partial charge in [-0.05, 0) is 37.6 Å². The lowest BCUT2D eigenvalue weighted by Crippen LogP contribution is -2.22. The molecule has 0 atom stereocenters. The highest BCUT2D eigenvalue weighted by Crippen LogP contribution is 2.25. The average molecular weight is 328 g/mol. The fourth-order valence-electron chi connectivity index (χ4n) is 2.41. The second-order valence-electron chi connectivity index (χ2n) is 5.46. The second-order valence-corrected chi connectivity index (χ2v) is 5.46. The molecule has 0 fully saturated rings. The molecule has 1 aromatic carbocycles. The fraction of sp³-hybridized carbons (Fsp3) is 0.222. The van der Waals surface area contributed by atoms with Gasteiger partial charge in [-0.15, -0.1) is 0 Å². The Morgan fingerprint density at radius 2 is 2.08 bits per heavy atom. The van der Waals surface area contributed by atoms with Crippen molar-refractivity contribution in [2.45, 2.75) is 26.3 Å². The van der Waals surface area contributed by atoms with Gasteiger partial charge in [0.1, 0.15) is 29.3 Å². The lowest BCUT2D eigenvalue weighted by Gasteiger charge is -2.04. The lowest BCUT2D eigenvalue weighted by molar-refractivity contribution is -0.121. The van der Waals surface area contributed by atoms with Crippen molar-refractivity contribution in [1.29, 1.82) is 0 Å². The van der Waals surface area contributed by atoms with Gasteiger partial charge in [0, 0.05) is 17.5 Å². The summed E-state index contributed by atoms with van der Waals surface area (Å²) in [5.41, 5.74) is 1.50. The molecule has 2 heterocycles. The quantitative estimate of drug-likeness (QED) is 0.750. The van der Waals surface area contributed by atoms with Crippen LogP contribution in [0.25, 0.3) is 11.3 Å². The van der Waals surface area contributed by atoms with Gasteiger partial charge in [-0.2, -0.15) is 0 Å². The van der Waals surface area contributed by atoms with Gasteiger partial charge in [0.25, 0.3) is 0 Å². The average Bonchev–Trinajstić information content (AvgIpc) is 3.20. The number of amides is 1. The van der Waals surface area contributed by atoms with Crippen LogP contribution >= 0.6 is 0 Å². The molecule has 0 spiro atoms. The first-order valence-corrected chi connectivity index (χ1v) is 7.63. The third-order valence-corrected chi connectivity index (χ3v) is 3.65. The normalized spacial score (nSPS) is 10.8. The van der Waals surface area contributed by atoms with Crippen LogP contribution in [0, 0.1) is 12.7 Å². The maximum atomic E-state index is 13.9. The molecule has 0 aliphatic carbocycles. The molecule has 3 rings (SSSR count). The van der Waals surface area contributed by atoms with E-state index in [-0.39, 0.29) is 18.1 Å². The van der Waals surface area contributed by atoms with Gasteiger partial charge in [0.05, 0.1) is 6.54 Å². The highest BCUT2D eigenvalue weighted by molar-refractivity contribution is 5.76. The maximum absolute atomic E-state index is 13.9. The van der Waals surface area contributed by atoms with Crippen LogP contribution in [0.1, 0.15) is 23.5 Å². The molecule has 6 heteroatoms. The summed E-state index contributed by atoms with van der Waals surface area (Å²) in [5.74, 6) is 1.02. The molecule has 0 saturated heterocycles. The van der Waals surface area contributed by atoms with Crippen LogP contribution in [0.5, 0.6) is 0 Å². The largest absolute Gasteiger partial charge is 0.465 e. The van der Waals surface area contributed by atoms with Crippen molar-refractivity contribution < 1.29 is 18.1 Å². The Morgan fingerprint density at radius 3 is 2.83 bits per heavy atom. The van der Waals surface area contributed by atoms with Crippen LogP contribution in [0.3, 0.4) is 0 Å². The Bertz CT molecular complexity index is 838. The van der Waals surface area contributed by atoms with Gasteiger partial charge < -0.3 is 14.3 Å². The van der Waals surface area contributed by atoms with Crippen LogP contribution in [0.2, 0.25) is 0 Å². The van der Waals surface area contributed by atoms with E-state index >= 15 is 0 Å². The van der Waals surface area contributed by atoms with Crippen LogP contribution in [-0.4, -0.2) is 11.1 Å². The van der Waals surface area contributed by atoms with Crippen LogP contribution in [0.4, 0.5) is 4.39 Å². The first kappa shape index (κ1) is 16.0. The second kappa shape index (κ2) is 7.12. The third-order valence-electron chi connectivity index (χ3n) is 3.65. The van der Waals surface area contributed by atoms with E-state index in [9.17, 15) is 9.18 Å². The molecule has 124 valence electrons. The van der Waals surface area contributed by atoms with Crippen molar-refractivity contribution in [3.05, 3.63) is 65.6 Å². The smallest absolute Gasteiger partial charge is 0.220 e. The van der Waals surface area contributed by atoms with E-state index in [0.29, 0.717) is 35.5 Å². The maximum Gasteiger partial charge on any atom is 0.220 e. The number of carbonyl (C=O) groups is 1. The molecule has 0 bridgehead atoms. The van der Waals surface area contributed by atoms with Gasteiger partial charge in [-0.25, -0.2) is 4.39 Å². The van der Waals surface area contributed by atoms with Crippen LogP contribution < -0.4 is 5.32 Å². The SMILES string of the molecule is Cc1ccc(CNC(=O)CCc2conc2-c2ccccc2F)o1. The number of carbonyl (C=O) groups excluding carboxylic acids is 1. The summed E-state index contributed by atoms with van der Waals surface area (Å²) in [6.45, 7) is 2.19. The third kappa shape index (κ3) is 3.71. The molecular weight excluding hydrogens is 311 g/mol. The number of rotatable bonds is 6. The fourth-order valence-corrected chi connectivity index (χ4v) is 2.41. The molecule has 0 aliphatic heterocycles. The van der Waals surface area contributed by atoms with E-state index in [1.54, 1.807) is 18.2 Å². The van der Waals surface area contributed by atoms with Gasteiger partial charge in [0.15, 0.2) is 0 Å². The minimum Gasteiger partial charge on any atom is -0.465 e. The number of furan rings is 1. The van der Waals surface area contributed by atoms with E-state index < -0.39 is 0 Å². The number of halogens is 1. The van der Waals surface area contributed by atoms with Crippen molar-refractivity contribution >= 4 is 5.91 Å². The number of benzene rings is 1. The standard InChI is InChI=1S/C18H17FN2O3/c1-12-6-8-14(24-12)10-20-17(22)9-7-13-11-23-21-18(13)15-4-2-3-5-16(15)19/h2-6,8,11H,7,9-10H2,1H3,(H,20,22). The minimum absolute atomic E-state index is 0.121. The molecule has 0 saturated carbocycles. The van der Waals surface area contributed by atoms with E-state index in [1.165, 1.54) is 12.3 Å². The monoisotopic (exact) mass is 328 g/mol. The number of aryl methyl sites for hydroxylation is 2. The number of nitrogens with one attached hydrogen (secondary N) is 1. The summed E-state index contributed by atoms with van der Waals surface area (Å²) in [6.07, 6.45) is 2.11. The topological polar surface area (TPSA) is 68.3 Å². The Hall–Kier alpha value is -2.89. The van der Waals surface area contributed by atoms with Crippen molar-refractivity contribution in [1.82, 2.24) is 10.5 Å². The zero-order chi connectivity index (χ0) is 16.9. The summed E-state index contributed by atoms with van der Waals surface area (Å²) in [4.78, 5) is 12.0. The van der Waals surface area contributed by atoms with Gasteiger partial charge in [-0.1, -0.05) is 17.3 Å². The van der Waals surface area contributed by atoms with Crippen LogP contribution in [-0.2, 0) is 17.8 Å². The summed E-state index contributed by atoms with van der Waals surface area (Å²) in [5, 5.41) is 6.65. The lowest BCUT2D eigenvalue weighted by atomic mass is 10.0. The van der Waals surface area contributed by atoms with Crippen molar-refractivity contribution in [2.75, 3.05) is 0 Å². The van der Waals surface area contributed by atoms with E-state index in [1.807, 2.05) is 19.1 Å². The van der Waals surface area contributed by atoms with Crippen molar-refractivity contribution in [3.8, 4) is 11.3 Å². The molecule has 1 amide bonds. The number of nitrogens with zero attached hydrogens (tertiary/aromatic N) is 1. The number of aromatic nitrogens is 1. The summed E-state index contributed by atoms with van der Waals surface area (Å²) >= 11 is 0. The van der Waals surface area contributed by atoms with Gasteiger partial charge >= 0.3 is 0 Å². The van der Waals surface area contributed by atoms with Crippen LogP contribution in [0.15, 0.2) is 51.6 Å². The number of hydrogen-bond acceptors (Lipinski definition) is 4. The van der Waals surface area contributed by atoms with E-state index in [2.05, 4.69) is 10.5 Å². The van der Waals surface area contributed by atoms with Gasteiger partial charge in [-0.3, -0.25) is 4.79 Å². The molecule has 5 nitrogen and oxygen atoms in total. The summed E-state index contributed by atoms with van der Waals surface area (Å²) in [6, 6.07) is 10.0. The Labute approximate surface area is 138 Å². The predicted octanol–water partition coefficient (Wildman–Crippen LogP) is 3.63. The highest BCUT2D eigenvalue weighted by Gasteiger charge is 2.15. The molecular formula is C18H17FN2O3. The Kier molecular flexibility index (Phi) is 4.74. The molecule has 3 aromatic rings. The predicted molar refractivity (Wildman–Crippen MR) is 85.5 cm³/mol. The molecule has 1 N–H and O–H groups in total. The molecule has 24 heavy (non-hydrogen) atoms. The molecule has 0 radical (unpaired) electrons. The molecule has 2 aromatic heterocycles. The van der Waals surface area contributed by atoms with E-state index in [4.69, 9.17) is 8.94 Å². The molecule has 0 aliphatic rings. The Balaban J connectivity index is 1.58. The first-order valence-electron chi connectivity index (χ1n) is 7.63. The summed E-state index contributed by atoms with van der Waals surface area (Å²) in [7, 11) is 0. The minimum atomic E-state index is -0.370. The molecule has 0 unspecified atom stereocenters. The van der Waals surface area contributed by atoms with Crippen molar-refractivity contribution in [3.63, 3.8) is 0 Å². The van der Waals surface area contributed by atoms with Gasteiger partial charge in [0.2, 0.25) is 5.91 Å². The Morgan fingerprint density at radius 1 is 1.25 bits per heavy atom. The number of hydrogen-bond donors (Lipinski definition) is 1. The van der Waals surface area contributed by atoms with Crippen molar-refractivity contribution in [2.24, 2.45) is 0 Å². The zero-order valence-corrected chi connectivity index (χ0v) is 13.2.